The van der Waals surface area contributed by atoms with Gasteiger partial charge in [-0.15, -0.1) is 0 Å². The van der Waals surface area contributed by atoms with Gasteiger partial charge in [-0.25, -0.2) is 0 Å². The maximum atomic E-state index is 4.43. The number of benzene rings is 2. The third-order valence-electron chi connectivity index (χ3n) is 4.19. The third-order valence-corrected chi connectivity index (χ3v) is 4.93. The van der Waals surface area contributed by atoms with Crippen LogP contribution in [0.25, 0.3) is 10.9 Å². The molecule has 0 radical (unpaired) electrons. The minimum Gasteiger partial charge on any atom is -0.378 e. The number of nitrogens with zero attached hydrogens (tertiary/aromatic N) is 1. The van der Waals surface area contributed by atoms with Gasteiger partial charge in [-0.1, -0.05) is 34.1 Å². The Kier molecular flexibility index (Phi) is 3.15. The molecule has 0 saturated heterocycles. The van der Waals surface area contributed by atoms with E-state index in [0.717, 1.165) is 18.4 Å². The Balaban J connectivity index is 1.73. The quantitative estimate of drug-likeness (QED) is 0.703. The minimum absolute atomic E-state index is 0.378. The summed E-state index contributed by atoms with van der Waals surface area (Å²) in [5.41, 5.74) is 5.05. The van der Waals surface area contributed by atoms with Gasteiger partial charge in [0.25, 0.3) is 0 Å². The summed E-state index contributed by atoms with van der Waals surface area (Å²) in [6.45, 7) is 0. The molecule has 3 heteroatoms. The molecule has 1 aliphatic rings. The molecule has 1 aromatic heterocycles. The van der Waals surface area contributed by atoms with Crippen molar-refractivity contribution >= 4 is 32.5 Å². The number of hydrogen-bond acceptors (Lipinski definition) is 2. The molecule has 2 aromatic carbocycles. The lowest BCUT2D eigenvalue weighted by Crippen LogP contribution is -2.07. The second-order valence-corrected chi connectivity index (χ2v) is 6.27. The van der Waals surface area contributed by atoms with E-state index in [2.05, 4.69) is 68.7 Å². The van der Waals surface area contributed by atoms with E-state index in [1.807, 2.05) is 12.3 Å². The molecule has 0 fully saturated rings. The first kappa shape index (κ1) is 12.8. The molecule has 0 spiro atoms. The Hall–Kier alpha value is -1.87. The maximum Gasteiger partial charge on any atom is 0.0722 e. The number of halogens is 1. The van der Waals surface area contributed by atoms with Crippen LogP contribution in [0.3, 0.4) is 0 Å². The van der Waals surface area contributed by atoms with Crippen molar-refractivity contribution in [1.29, 1.82) is 0 Å². The molecule has 1 atom stereocenters. The van der Waals surface area contributed by atoms with Gasteiger partial charge in [0.2, 0.25) is 0 Å². The van der Waals surface area contributed by atoms with Crippen LogP contribution < -0.4 is 5.32 Å². The van der Waals surface area contributed by atoms with Crippen LogP contribution in [0.4, 0.5) is 5.69 Å². The average Bonchev–Trinajstić information content (AvgIpc) is 2.92. The van der Waals surface area contributed by atoms with E-state index in [1.54, 1.807) is 0 Å². The van der Waals surface area contributed by atoms with Crippen LogP contribution >= 0.6 is 15.9 Å². The van der Waals surface area contributed by atoms with E-state index in [0.29, 0.717) is 6.04 Å². The van der Waals surface area contributed by atoms with Gasteiger partial charge in [0, 0.05) is 21.7 Å². The van der Waals surface area contributed by atoms with E-state index in [4.69, 9.17) is 0 Å². The number of hydrogen-bond donors (Lipinski definition) is 1. The van der Waals surface area contributed by atoms with E-state index in [-0.39, 0.29) is 0 Å². The smallest absolute Gasteiger partial charge is 0.0722 e. The molecule has 1 aliphatic carbocycles. The highest BCUT2D eigenvalue weighted by Crippen LogP contribution is 2.38. The lowest BCUT2D eigenvalue weighted by atomic mass is 10.1. The van der Waals surface area contributed by atoms with Gasteiger partial charge in [0.15, 0.2) is 0 Å². The van der Waals surface area contributed by atoms with E-state index in [9.17, 15) is 0 Å². The normalized spacial score (nSPS) is 16.9. The molecule has 0 bridgehead atoms. The number of rotatable bonds is 2. The van der Waals surface area contributed by atoms with Gasteiger partial charge in [0.1, 0.15) is 0 Å². The lowest BCUT2D eigenvalue weighted by Gasteiger charge is -2.17. The van der Waals surface area contributed by atoms with Crippen molar-refractivity contribution in [3.05, 3.63) is 70.3 Å². The molecule has 1 unspecified atom stereocenters. The van der Waals surface area contributed by atoms with Crippen molar-refractivity contribution < 1.29 is 0 Å². The number of fused-ring (bicyclic) bond motifs is 2. The summed E-state index contributed by atoms with van der Waals surface area (Å²) >= 11 is 3.66. The second-order valence-electron chi connectivity index (χ2n) is 5.42. The Morgan fingerprint density at radius 1 is 1.05 bits per heavy atom. The van der Waals surface area contributed by atoms with Crippen molar-refractivity contribution in [3.63, 3.8) is 0 Å². The Morgan fingerprint density at radius 2 is 1.95 bits per heavy atom. The summed E-state index contributed by atoms with van der Waals surface area (Å²) in [4.78, 5) is 4.43. The largest absolute Gasteiger partial charge is 0.378 e. The average molecular weight is 339 g/mol. The van der Waals surface area contributed by atoms with Gasteiger partial charge in [-0.3, -0.25) is 4.98 Å². The molecule has 0 saturated carbocycles. The second kappa shape index (κ2) is 5.15. The van der Waals surface area contributed by atoms with Crippen molar-refractivity contribution in [2.24, 2.45) is 0 Å². The summed E-state index contributed by atoms with van der Waals surface area (Å²) in [6, 6.07) is 17.2. The minimum atomic E-state index is 0.378. The number of nitrogens with one attached hydrogen (secondary N) is 1. The van der Waals surface area contributed by atoms with Gasteiger partial charge >= 0.3 is 0 Å². The van der Waals surface area contributed by atoms with Crippen LogP contribution in [-0.2, 0) is 6.42 Å². The van der Waals surface area contributed by atoms with Crippen LogP contribution in [0, 0.1) is 0 Å². The number of anilines is 1. The molecule has 21 heavy (non-hydrogen) atoms. The molecule has 0 aliphatic heterocycles. The van der Waals surface area contributed by atoms with Crippen LogP contribution in [0.2, 0.25) is 0 Å². The molecule has 104 valence electrons. The molecular weight excluding hydrogens is 324 g/mol. The zero-order valence-electron chi connectivity index (χ0n) is 11.5. The molecule has 0 amide bonds. The van der Waals surface area contributed by atoms with E-state index in [1.165, 1.54) is 26.7 Å². The van der Waals surface area contributed by atoms with Gasteiger partial charge in [0.05, 0.1) is 11.6 Å². The van der Waals surface area contributed by atoms with E-state index >= 15 is 0 Å². The zero-order chi connectivity index (χ0) is 14.2. The molecule has 2 nitrogen and oxygen atoms in total. The Bertz CT molecular complexity index is 808. The highest BCUT2D eigenvalue weighted by molar-refractivity contribution is 9.10. The predicted molar refractivity (Wildman–Crippen MR) is 90.6 cm³/mol. The van der Waals surface area contributed by atoms with E-state index < -0.39 is 0 Å². The highest BCUT2D eigenvalue weighted by atomic mass is 79.9. The first-order chi connectivity index (χ1) is 10.3. The van der Waals surface area contributed by atoms with Gasteiger partial charge in [-0.05, 0) is 54.3 Å². The first-order valence-corrected chi connectivity index (χ1v) is 8.00. The fraction of sp³-hybridized carbons (Fsp3) is 0.167. The molecule has 4 rings (SSSR count). The summed E-state index contributed by atoms with van der Waals surface area (Å²) in [5, 5.41) is 4.89. The first-order valence-electron chi connectivity index (χ1n) is 7.20. The van der Waals surface area contributed by atoms with Crippen molar-refractivity contribution in [1.82, 2.24) is 4.98 Å². The topological polar surface area (TPSA) is 24.9 Å². The van der Waals surface area contributed by atoms with Crippen molar-refractivity contribution in [3.8, 4) is 0 Å². The SMILES string of the molecule is Brc1cccc2c1CCC2Nc1cccc2ncccc12. The fourth-order valence-corrected chi connectivity index (χ4v) is 3.76. The predicted octanol–water partition coefficient (Wildman–Crippen LogP) is 5.10. The summed E-state index contributed by atoms with van der Waals surface area (Å²) in [6.07, 6.45) is 4.10. The molecule has 3 aromatic rings. The number of pyridine rings is 1. The van der Waals surface area contributed by atoms with Crippen molar-refractivity contribution in [2.75, 3.05) is 5.32 Å². The molecular formula is C18H15BrN2. The highest BCUT2D eigenvalue weighted by Gasteiger charge is 2.24. The molecule has 1 N–H and O–H groups in total. The standard InChI is InChI=1S/C18H15BrN2/c19-15-6-1-4-13-12(15)9-10-18(13)21-17-8-2-7-16-14(17)5-3-11-20-16/h1-8,11,18,21H,9-10H2. The van der Waals surface area contributed by atoms with Gasteiger partial charge < -0.3 is 5.32 Å². The molecule has 1 heterocycles. The zero-order valence-corrected chi connectivity index (χ0v) is 13.1. The van der Waals surface area contributed by atoms with Crippen molar-refractivity contribution in [2.45, 2.75) is 18.9 Å². The fourth-order valence-electron chi connectivity index (χ4n) is 3.18. The lowest BCUT2D eigenvalue weighted by molar-refractivity contribution is 0.763. The summed E-state index contributed by atoms with van der Waals surface area (Å²) < 4.78 is 1.23. The monoisotopic (exact) mass is 338 g/mol. The maximum absolute atomic E-state index is 4.43. The summed E-state index contributed by atoms with van der Waals surface area (Å²) in [5.74, 6) is 0. The van der Waals surface area contributed by atoms with Crippen LogP contribution in [0.5, 0.6) is 0 Å². The Morgan fingerprint density at radius 3 is 2.90 bits per heavy atom. The van der Waals surface area contributed by atoms with Crippen LogP contribution in [0.1, 0.15) is 23.6 Å². The summed E-state index contributed by atoms with van der Waals surface area (Å²) in [7, 11) is 0. The number of aromatic nitrogens is 1. The van der Waals surface area contributed by atoms with Crippen LogP contribution in [0.15, 0.2) is 59.2 Å². The Labute approximate surface area is 132 Å². The third kappa shape index (κ3) is 2.22. The van der Waals surface area contributed by atoms with Crippen LogP contribution in [-0.4, -0.2) is 4.98 Å². The van der Waals surface area contributed by atoms with Gasteiger partial charge in [-0.2, -0.15) is 0 Å².